The van der Waals surface area contributed by atoms with Crippen molar-refractivity contribution in [1.82, 2.24) is 0 Å². The number of benzene rings is 1. The number of fused-ring (bicyclic) bond motifs is 2. The van der Waals surface area contributed by atoms with E-state index in [1.165, 1.54) is 32.1 Å². The topological polar surface area (TPSA) is 0 Å². The second-order valence-corrected chi connectivity index (χ2v) is 6.01. The minimum Gasteiger partial charge on any atom is -0.0556 e. The molecule has 2 aliphatic rings. The van der Waals surface area contributed by atoms with Gasteiger partial charge < -0.3 is 0 Å². The van der Waals surface area contributed by atoms with Gasteiger partial charge in [0.2, 0.25) is 0 Å². The molecule has 0 saturated heterocycles. The van der Waals surface area contributed by atoms with Crippen LogP contribution in [0.15, 0.2) is 38.8 Å². The minimum atomic E-state index is 1.10. The lowest BCUT2D eigenvalue weighted by molar-refractivity contribution is 1.03. The number of rotatable bonds is 0. The summed E-state index contributed by atoms with van der Waals surface area (Å²) >= 11 is 7.13. The van der Waals surface area contributed by atoms with Gasteiger partial charge in [0.1, 0.15) is 0 Å². The molecule has 1 aromatic carbocycles. The predicted molar refractivity (Wildman–Crippen MR) is 71.0 cm³/mol. The lowest BCUT2D eigenvalue weighted by atomic mass is 9.97. The molecule has 0 fully saturated rings. The van der Waals surface area contributed by atoms with Crippen LogP contribution in [0.5, 0.6) is 0 Å². The van der Waals surface area contributed by atoms with Crippen LogP contribution in [0.2, 0.25) is 0 Å². The summed E-state index contributed by atoms with van der Waals surface area (Å²) in [6.45, 7) is 0. The third kappa shape index (κ3) is 1.64. The van der Waals surface area contributed by atoms with E-state index in [2.05, 4.69) is 56.1 Å². The van der Waals surface area contributed by atoms with E-state index in [-0.39, 0.29) is 0 Å². The highest BCUT2D eigenvalue weighted by Gasteiger charge is 2.22. The molecule has 0 aromatic heterocycles. The summed E-state index contributed by atoms with van der Waals surface area (Å²) in [5.74, 6) is 0. The van der Waals surface area contributed by atoms with Gasteiger partial charge in [0.05, 0.1) is 0 Å². The standard InChI is InChI=1S/C13H10Br2/c14-10-1-3-12-8(6-10)5-9-7-11(15)2-4-13(9)12/h1,3,6-7H,2,4-5H2. The molecule has 3 rings (SSSR count). The van der Waals surface area contributed by atoms with Crippen LogP contribution in [0.1, 0.15) is 24.0 Å². The number of halogens is 2. The Morgan fingerprint density at radius 3 is 2.80 bits per heavy atom. The van der Waals surface area contributed by atoms with Crippen LogP contribution in [0.3, 0.4) is 0 Å². The Labute approximate surface area is 106 Å². The minimum absolute atomic E-state index is 1.10. The van der Waals surface area contributed by atoms with Crippen molar-refractivity contribution < 1.29 is 0 Å². The molecular formula is C13H10Br2. The molecule has 76 valence electrons. The fourth-order valence-electron chi connectivity index (χ4n) is 2.43. The molecular weight excluding hydrogens is 316 g/mol. The first-order valence-corrected chi connectivity index (χ1v) is 6.69. The summed E-state index contributed by atoms with van der Waals surface area (Å²) in [7, 11) is 0. The van der Waals surface area contributed by atoms with E-state index >= 15 is 0 Å². The summed E-state index contributed by atoms with van der Waals surface area (Å²) in [6, 6.07) is 6.63. The number of hydrogen-bond acceptors (Lipinski definition) is 0. The van der Waals surface area contributed by atoms with Gasteiger partial charge in [0.15, 0.2) is 0 Å². The van der Waals surface area contributed by atoms with Gasteiger partial charge in [0, 0.05) is 4.47 Å². The molecule has 15 heavy (non-hydrogen) atoms. The molecule has 0 heterocycles. The van der Waals surface area contributed by atoms with Gasteiger partial charge >= 0.3 is 0 Å². The van der Waals surface area contributed by atoms with Gasteiger partial charge in [-0.25, -0.2) is 0 Å². The monoisotopic (exact) mass is 324 g/mol. The second kappa shape index (κ2) is 3.60. The normalized spacial score (nSPS) is 18.7. The zero-order valence-electron chi connectivity index (χ0n) is 8.19. The Hall–Kier alpha value is -0.340. The van der Waals surface area contributed by atoms with E-state index in [4.69, 9.17) is 0 Å². The molecule has 0 bridgehead atoms. The molecule has 0 N–H and O–H groups in total. The SMILES string of the molecule is BrC1=CC2=C(CC1)c1ccc(Br)cc1C2. The van der Waals surface area contributed by atoms with Crippen LogP contribution in [0.4, 0.5) is 0 Å². The van der Waals surface area contributed by atoms with Crippen molar-refractivity contribution >= 4 is 37.4 Å². The zero-order valence-corrected chi connectivity index (χ0v) is 11.4. The third-order valence-corrected chi connectivity index (χ3v) is 4.22. The van der Waals surface area contributed by atoms with Gasteiger partial charge in [-0.1, -0.05) is 37.9 Å². The predicted octanol–water partition coefficient (Wildman–Crippen LogP) is 4.83. The lowest BCUT2D eigenvalue weighted by Crippen LogP contribution is -1.90. The van der Waals surface area contributed by atoms with Crippen molar-refractivity contribution in [3.63, 3.8) is 0 Å². The molecule has 0 saturated carbocycles. The smallest absolute Gasteiger partial charge is 0.0178 e. The highest BCUT2D eigenvalue weighted by molar-refractivity contribution is 9.11. The maximum absolute atomic E-state index is 3.60. The van der Waals surface area contributed by atoms with E-state index in [0.717, 1.165) is 12.8 Å². The molecule has 0 radical (unpaired) electrons. The first-order chi connectivity index (χ1) is 7.24. The third-order valence-electron chi connectivity index (χ3n) is 3.11. The van der Waals surface area contributed by atoms with Crippen LogP contribution in [-0.2, 0) is 6.42 Å². The van der Waals surface area contributed by atoms with Gasteiger partial charge in [-0.2, -0.15) is 0 Å². The first-order valence-electron chi connectivity index (χ1n) is 5.11. The van der Waals surface area contributed by atoms with Gasteiger partial charge in [-0.15, -0.1) is 0 Å². The van der Waals surface area contributed by atoms with E-state index in [1.54, 1.807) is 5.57 Å². The van der Waals surface area contributed by atoms with Crippen molar-refractivity contribution in [3.8, 4) is 0 Å². The molecule has 0 unspecified atom stereocenters. The van der Waals surface area contributed by atoms with Crippen LogP contribution in [-0.4, -0.2) is 0 Å². The second-order valence-electron chi connectivity index (χ2n) is 4.07. The quantitative estimate of drug-likeness (QED) is 0.640. The molecule has 0 atom stereocenters. The van der Waals surface area contributed by atoms with E-state index in [1.807, 2.05) is 0 Å². The number of hydrogen-bond donors (Lipinski definition) is 0. The maximum atomic E-state index is 3.60. The van der Waals surface area contributed by atoms with Crippen LogP contribution in [0.25, 0.3) is 5.57 Å². The van der Waals surface area contributed by atoms with Crippen molar-refractivity contribution in [1.29, 1.82) is 0 Å². The molecule has 0 aliphatic heterocycles. The average Bonchev–Trinajstić information content (AvgIpc) is 2.53. The Balaban J connectivity index is 2.12. The van der Waals surface area contributed by atoms with Gasteiger partial charge in [-0.05, 0) is 64.2 Å². The fourth-order valence-corrected chi connectivity index (χ4v) is 3.31. The molecule has 2 aliphatic carbocycles. The molecule has 0 amide bonds. The van der Waals surface area contributed by atoms with E-state index in [9.17, 15) is 0 Å². The van der Waals surface area contributed by atoms with Gasteiger partial charge in [-0.3, -0.25) is 0 Å². The maximum Gasteiger partial charge on any atom is 0.0178 e. The number of allylic oxidation sites excluding steroid dienone is 4. The largest absolute Gasteiger partial charge is 0.0556 e. The summed E-state index contributed by atoms with van der Waals surface area (Å²) in [5.41, 5.74) is 5.99. The lowest BCUT2D eigenvalue weighted by Gasteiger charge is -2.11. The molecule has 0 spiro atoms. The summed E-state index contributed by atoms with van der Waals surface area (Å²) in [5, 5.41) is 0. The highest BCUT2D eigenvalue weighted by atomic mass is 79.9. The van der Waals surface area contributed by atoms with Gasteiger partial charge in [0.25, 0.3) is 0 Å². The Morgan fingerprint density at radius 2 is 1.93 bits per heavy atom. The Kier molecular flexibility index (Phi) is 2.37. The van der Waals surface area contributed by atoms with Crippen LogP contribution < -0.4 is 0 Å². The summed E-state index contributed by atoms with van der Waals surface area (Å²) in [4.78, 5) is 0. The highest BCUT2D eigenvalue weighted by Crippen LogP contribution is 2.42. The fraction of sp³-hybridized carbons (Fsp3) is 0.231. The zero-order chi connectivity index (χ0) is 10.4. The average molecular weight is 326 g/mol. The van der Waals surface area contributed by atoms with Crippen molar-refractivity contribution in [2.24, 2.45) is 0 Å². The van der Waals surface area contributed by atoms with Crippen LogP contribution >= 0.6 is 31.9 Å². The Bertz CT molecular complexity index is 495. The van der Waals surface area contributed by atoms with E-state index < -0.39 is 0 Å². The van der Waals surface area contributed by atoms with E-state index in [0.29, 0.717) is 0 Å². The first kappa shape index (κ1) is 9.86. The Morgan fingerprint density at radius 1 is 1.07 bits per heavy atom. The molecule has 1 aromatic rings. The molecule has 2 heteroatoms. The van der Waals surface area contributed by atoms with Crippen molar-refractivity contribution in [2.75, 3.05) is 0 Å². The molecule has 0 nitrogen and oxygen atoms in total. The van der Waals surface area contributed by atoms with Crippen molar-refractivity contribution in [3.05, 3.63) is 49.9 Å². The van der Waals surface area contributed by atoms with Crippen LogP contribution in [0, 0.1) is 0 Å². The summed E-state index contributed by atoms with van der Waals surface area (Å²) in [6.07, 6.45) is 5.72. The summed E-state index contributed by atoms with van der Waals surface area (Å²) < 4.78 is 2.53. The van der Waals surface area contributed by atoms with Crippen molar-refractivity contribution in [2.45, 2.75) is 19.3 Å².